The molecule has 0 radical (unpaired) electrons. The smallest absolute Gasteiger partial charge is 0.244 e. The molecule has 0 saturated heterocycles. The van der Waals surface area contributed by atoms with Crippen LogP contribution in [0.25, 0.3) is 0 Å². The summed E-state index contributed by atoms with van der Waals surface area (Å²) >= 11 is 0. The number of hydrogen-bond donors (Lipinski definition) is 1. The van der Waals surface area contributed by atoms with E-state index < -0.39 is 34.3 Å². The molecule has 0 aliphatic heterocycles. The maximum absolute atomic E-state index is 14.8. The SMILES string of the molecule is Cc1ccccc1N(CC(=O)N(Cc1ccccc1F)[C@@H](Cc1ccccc1)C(=O)NCC(C)C)S(C)(=O)=O. The van der Waals surface area contributed by atoms with Crippen LogP contribution >= 0.6 is 0 Å². The van der Waals surface area contributed by atoms with Crippen LogP contribution in [0, 0.1) is 18.7 Å². The molecule has 0 heterocycles. The van der Waals surface area contributed by atoms with Crippen LogP contribution in [0.2, 0.25) is 0 Å². The molecule has 9 heteroatoms. The van der Waals surface area contributed by atoms with E-state index in [1.807, 2.05) is 44.2 Å². The molecule has 0 spiro atoms. The second-order valence-electron chi connectivity index (χ2n) is 10.0. The lowest BCUT2D eigenvalue weighted by molar-refractivity contribution is -0.140. The number of amides is 2. The predicted molar refractivity (Wildman–Crippen MR) is 152 cm³/mol. The van der Waals surface area contributed by atoms with Crippen molar-refractivity contribution in [2.45, 2.75) is 39.8 Å². The molecule has 0 aliphatic carbocycles. The van der Waals surface area contributed by atoms with Crippen molar-refractivity contribution in [2.75, 3.05) is 23.7 Å². The maximum atomic E-state index is 14.8. The number of benzene rings is 3. The van der Waals surface area contributed by atoms with Crippen molar-refractivity contribution in [1.82, 2.24) is 10.2 Å². The number of carbonyl (C=O) groups is 2. The number of anilines is 1. The van der Waals surface area contributed by atoms with Gasteiger partial charge in [-0.2, -0.15) is 0 Å². The third kappa shape index (κ3) is 8.38. The van der Waals surface area contributed by atoms with Gasteiger partial charge in [-0.1, -0.05) is 80.6 Å². The Hall–Kier alpha value is -3.72. The molecule has 1 N–H and O–H groups in total. The van der Waals surface area contributed by atoms with Crippen LogP contribution in [-0.4, -0.2) is 50.5 Å². The summed E-state index contributed by atoms with van der Waals surface area (Å²) in [4.78, 5) is 28.8. The molecule has 1 atom stereocenters. The number of rotatable bonds is 12. The van der Waals surface area contributed by atoms with E-state index in [-0.39, 0.29) is 30.4 Å². The molecule has 3 aromatic carbocycles. The molecule has 3 rings (SSSR count). The van der Waals surface area contributed by atoms with Crippen LogP contribution < -0.4 is 9.62 Å². The van der Waals surface area contributed by atoms with E-state index in [0.29, 0.717) is 17.8 Å². The Morgan fingerprint density at radius 2 is 1.54 bits per heavy atom. The summed E-state index contributed by atoms with van der Waals surface area (Å²) < 4.78 is 41.5. The molecule has 0 aliphatic rings. The highest BCUT2D eigenvalue weighted by Crippen LogP contribution is 2.24. The van der Waals surface area contributed by atoms with Crippen LogP contribution in [0.4, 0.5) is 10.1 Å². The minimum atomic E-state index is -3.87. The van der Waals surface area contributed by atoms with Gasteiger partial charge in [0.15, 0.2) is 0 Å². The summed E-state index contributed by atoms with van der Waals surface area (Å²) in [5, 5.41) is 2.90. The molecule has 0 fully saturated rings. The summed E-state index contributed by atoms with van der Waals surface area (Å²) in [7, 11) is -3.87. The first-order valence-corrected chi connectivity index (χ1v) is 14.7. The van der Waals surface area contributed by atoms with Crippen LogP contribution in [0.3, 0.4) is 0 Å². The average molecular weight is 554 g/mol. The number of para-hydroxylation sites is 1. The van der Waals surface area contributed by atoms with E-state index in [0.717, 1.165) is 16.1 Å². The van der Waals surface area contributed by atoms with Crippen molar-refractivity contribution in [2.24, 2.45) is 5.92 Å². The van der Waals surface area contributed by atoms with Gasteiger partial charge in [-0.3, -0.25) is 13.9 Å². The standard InChI is InChI=1S/C30H36FN3O4S/c1-22(2)19-32-30(36)28(18-24-13-6-5-7-14-24)33(20-25-15-9-10-16-26(25)31)29(35)21-34(39(4,37)38)27-17-11-8-12-23(27)3/h5-17,22,28H,18-21H2,1-4H3,(H,32,36)/t28-/m0/s1. The molecule has 7 nitrogen and oxygen atoms in total. The van der Waals surface area contributed by atoms with Gasteiger partial charge in [0.25, 0.3) is 0 Å². The van der Waals surface area contributed by atoms with Gasteiger partial charge < -0.3 is 10.2 Å². The zero-order chi connectivity index (χ0) is 28.6. The Bertz CT molecular complexity index is 1380. The molecular formula is C30H36FN3O4S. The number of nitrogens with zero attached hydrogens (tertiary/aromatic N) is 2. The second-order valence-corrected chi connectivity index (χ2v) is 11.9. The second kappa shape index (κ2) is 13.4. The van der Waals surface area contributed by atoms with Gasteiger partial charge in [0.1, 0.15) is 18.4 Å². The number of sulfonamides is 1. The van der Waals surface area contributed by atoms with Gasteiger partial charge in [0.2, 0.25) is 21.8 Å². The fraction of sp³-hybridized carbons (Fsp3) is 0.333. The number of carbonyl (C=O) groups excluding carboxylic acids is 2. The summed E-state index contributed by atoms with van der Waals surface area (Å²) in [6, 6.07) is 21.1. The molecular weight excluding hydrogens is 517 g/mol. The Morgan fingerprint density at radius 1 is 0.923 bits per heavy atom. The molecule has 39 heavy (non-hydrogen) atoms. The normalized spacial score (nSPS) is 12.2. The zero-order valence-corrected chi connectivity index (χ0v) is 23.6. The van der Waals surface area contributed by atoms with Crippen molar-refractivity contribution in [1.29, 1.82) is 0 Å². The first kappa shape index (κ1) is 29.8. The quantitative estimate of drug-likeness (QED) is 0.362. The number of nitrogens with one attached hydrogen (secondary N) is 1. The first-order valence-electron chi connectivity index (χ1n) is 12.8. The van der Waals surface area contributed by atoms with Crippen LogP contribution in [-0.2, 0) is 32.6 Å². The van der Waals surface area contributed by atoms with Gasteiger partial charge in [-0.05, 0) is 36.1 Å². The lowest BCUT2D eigenvalue weighted by atomic mass is 10.0. The van der Waals surface area contributed by atoms with Crippen molar-refractivity contribution in [3.63, 3.8) is 0 Å². The fourth-order valence-electron chi connectivity index (χ4n) is 4.22. The van der Waals surface area contributed by atoms with E-state index in [9.17, 15) is 22.4 Å². The molecule has 0 saturated carbocycles. The minimum absolute atomic E-state index is 0.170. The van der Waals surface area contributed by atoms with Gasteiger partial charge in [0, 0.05) is 25.1 Å². The van der Waals surface area contributed by atoms with E-state index >= 15 is 0 Å². The number of halogens is 1. The molecule has 0 bridgehead atoms. The molecule has 0 aromatic heterocycles. The topological polar surface area (TPSA) is 86.8 Å². The van der Waals surface area contributed by atoms with Gasteiger partial charge in [-0.25, -0.2) is 12.8 Å². The van der Waals surface area contributed by atoms with Crippen molar-refractivity contribution >= 4 is 27.5 Å². The summed E-state index contributed by atoms with van der Waals surface area (Å²) in [6.45, 7) is 5.32. The van der Waals surface area contributed by atoms with E-state index in [4.69, 9.17) is 0 Å². The van der Waals surface area contributed by atoms with E-state index in [1.54, 1.807) is 49.4 Å². The number of aryl methyl sites for hydroxylation is 1. The summed E-state index contributed by atoms with van der Waals surface area (Å²) in [5.74, 6) is -1.36. The summed E-state index contributed by atoms with van der Waals surface area (Å²) in [5.41, 5.74) is 2.07. The molecule has 208 valence electrons. The lowest BCUT2D eigenvalue weighted by Crippen LogP contribution is -2.53. The van der Waals surface area contributed by atoms with Gasteiger partial charge in [0.05, 0.1) is 11.9 Å². The van der Waals surface area contributed by atoms with Crippen molar-refractivity contribution in [3.05, 3.63) is 101 Å². The third-order valence-corrected chi connectivity index (χ3v) is 7.44. The van der Waals surface area contributed by atoms with Crippen molar-refractivity contribution in [3.8, 4) is 0 Å². The van der Waals surface area contributed by atoms with Crippen LogP contribution in [0.1, 0.15) is 30.5 Å². The Labute approximate surface area is 230 Å². The first-order chi connectivity index (χ1) is 18.5. The molecule has 3 aromatic rings. The minimum Gasteiger partial charge on any atom is -0.354 e. The average Bonchev–Trinajstić information content (AvgIpc) is 2.89. The lowest BCUT2D eigenvalue weighted by Gasteiger charge is -2.34. The maximum Gasteiger partial charge on any atom is 0.244 e. The third-order valence-electron chi connectivity index (χ3n) is 6.32. The van der Waals surface area contributed by atoms with E-state index in [1.165, 1.54) is 11.0 Å². The largest absolute Gasteiger partial charge is 0.354 e. The zero-order valence-electron chi connectivity index (χ0n) is 22.8. The highest BCUT2D eigenvalue weighted by atomic mass is 32.2. The molecule has 2 amide bonds. The molecule has 0 unspecified atom stereocenters. The van der Waals surface area contributed by atoms with Crippen molar-refractivity contribution < 1.29 is 22.4 Å². The Kier molecular flexibility index (Phi) is 10.2. The Balaban J connectivity index is 2.06. The van der Waals surface area contributed by atoms with Crippen LogP contribution in [0.15, 0.2) is 78.9 Å². The summed E-state index contributed by atoms with van der Waals surface area (Å²) in [6.07, 6.45) is 1.21. The van der Waals surface area contributed by atoms with Gasteiger partial charge in [-0.15, -0.1) is 0 Å². The predicted octanol–water partition coefficient (Wildman–Crippen LogP) is 4.31. The Morgan fingerprint density at radius 3 is 2.15 bits per heavy atom. The highest BCUT2D eigenvalue weighted by Gasteiger charge is 2.33. The van der Waals surface area contributed by atoms with E-state index in [2.05, 4.69) is 5.32 Å². The monoisotopic (exact) mass is 553 g/mol. The van der Waals surface area contributed by atoms with Crippen LogP contribution in [0.5, 0.6) is 0 Å². The fourth-order valence-corrected chi connectivity index (χ4v) is 5.13. The highest BCUT2D eigenvalue weighted by molar-refractivity contribution is 7.92. The van der Waals surface area contributed by atoms with Gasteiger partial charge >= 0.3 is 0 Å². The number of hydrogen-bond acceptors (Lipinski definition) is 4.